The van der Waals surface area contributed by atoms with Gasteiger partial charge in [-0.25, -0.2) is 4.79 Å². The molecular formula is C10H15N3O. The topological polar surface area (TPSA) is 81.1 Å². The van der Waals surface area contributed by atoms with Crippen LogP contribution < -0.4 is 16.8 Å². The number of carbonyl (C=O) groups is 1. The van der Waals surface area contributed by atoms with Gasteiger partial charge in [0.2, 0.25) is 0 Å². The Morgan fingerprint density at radius 2 is 2.00 bits per heavy atom. The van der Waals surface area contributed by atoms with Gasteiger partial charge in [-0.2, -0.15) is 0 Å². The largest absolute Gasteiger partial charge is 0.352 e. The van der Waals surface area contributed by atoms with Crippen LogP contribution in [-0.4, -0.2) is 18.6 Å². The molecule has 4 nitrogen and oxygen atoms in total. The number of nitrogens with one attached hydrogen (secondary N) is 1. The summed E-state index contributed by atoms with van der Waals surface area (Å²) in [7, 11) is 0. The summed E-state index contributed by atoms with van der Waals surface area (Å²) in [5, 5.41) is 2.48. The van der Waals surface area contributed by atoms with Crippen LogP contribution in [0.1, 0.15) is 5.56 Å². The Labute approximate surface area is 83.3 Å². The fourth-order valence-corrected chi connectivity index (χ4v) is 1.22. The smallest absolute Gasteiger partial charge is 0.312 e. The molecule has 0 aliphatic heterocycles. The van der Waals surface area contributed by atoms with Crippen molar-refractivity contribution < 1.29 is 4.79 Å². The Bertz CT molecular complexity index is 287. The molecule has 14 heavy (non-hydrogen) atoms. The first-order valence-electron chi connectivity index (χ1n) is 4.51. The third kappa shape index (κ3) is 3.91. The molecule has 0 heterocycles. The van der Waals surface area contributed by atoms with Crippen LogP contribution in [0, 0.1) is 0 Å². The van der Waals surface area contributed by atoms with Gasteiger partial charge in [0.05, 0.1) is 0 Å². The van der Waals surface area contributed by atoms with E-state index in [4.69, 9.17) is 11.5 Å². The third-order valence-corrected chi connectivity index (χ3v) is 1.88. The lowest BCUT2D eigenvalue weighted by atomic mass is 10.1. The van der Waals surface area contributed by atoms with Crippen molar-refractivity contribution in [3.8, 4) is 0 Å². The SMILES string of the molecule is NC(=O)NCC(N)Cc1ccccc1. The van der Waals surface area contributed by atoms with Gasteiger partial charge < -0.3 is 16.8 Å². The van der Waals surface area contributed by atoms with Gasteiger partial charge in [0.25, 0.3) is 0 Å². The van der Waals surface area contributed by atoms with Crippen molar-refractivity contribution in [2.24, 2.45) is 11.5 Å². The number of carbonyl (C=O) groups excluding carboxylic acids is 1. The lowest BCUT2D eigenvalue weighted by Crippen LogP contribution is -2.40. The average Bonchev–Trinajstić information content (AvgIpc) is 2.16. The second-order valence-corrected chi connectivity index (χ2v) is 3.19. The number of primary amides is 1. The molecule has 0 saturated carbocycles. The summed E-state index contributed by atoms with van der Waals surface area (Å²) in [6.45, 7) is 0.407. The molecule has 5 N–H and O–H groups in total. The van der Waals surface area contributed by atoms with Crippen LogP contribution in [-0.2, 0) is 6.42 Å². The molecule has 1 atom stereocenters. The zero-order valence-electron chi connectivity index (χ0n) is 7.94. The maximum absolute atomic E-state index is 10.4. The third-order valence-electron chi connectivity index (χ3n) is 1.88. The fraction of sp³-hybridized carbons (Fsp3) is 0.300. The average molecular weight is 193 g/mol. The molecule has 1 aromatic carbocycles. The molecule has 0 bridgehead atoms. The molecule has 4 heteroatoms. The van der Waals surface area contributed by atoms with E-state index in [2.05, 4.69) is 5.32 Å². The Morgan fingerprint density at radius 1 is 1.36 bits per heavy atom. The number of amides is 2. The summed E-state index contributed by atoms with van der Waals surface area (Å²) in [5.74, 6) is 0. The number of hydrogen-bond acceptors (Lipinski definition) is 2. The Morgan fingerprint density at radius 3 is 2.57 bits per heavy atom. The van der Waals surface area contributed by atoms with Crippen LogP contribution in [0.2, 0.25) is 0 Å². The highest BCUT2D eigenvalue weighted by atomic mass is 16.2. The summed E-state index contributed by atoms with van der Waals surface area (Å²) >= 11 is 0. The van der Waals surface area contributed by atoms with E-state index in [0.717, 1.165) is 12.0 Å². The minimum absolute atomic E-state index is 0.0927. The van der Waals surface area contributed by atoms with Crippen molar-refractivity contribution in [1.82, 2.24) is 5.32 Å². The maximum atomic E-state index is 10.4. The minimum Gasteiger partial charge on any atom is -0.352 e. The molecule has 0 aromatic heterocycles. The number of rotatable bonds is 4. The van der Waals surface area contributed by atoms with Crippen molar-refractivity contribution in [3.63, 3.8) is 0 Å². The first-order valence-corrected chi connectivity index (χ1v) is 4.51. The van der Waals surface area contributed by atoms with E-state index >= 15 is 0 Å². The van der Waals surface area contributed by atoms with Crippen LogP contribution in [0.5, 0.6) is 0 Å². The van der Waals surface area contributed by atoms with Crippen molar-refractivity contribution in [2.45, 2.75) is 12.5 Å². The first kappa shape index (κ1) is 10.5. The number of benzene rings is 1. The molecule has 0 saturated heterocycles. The van der Waals surface area contributed by atoms with E-state index in [-0.39, 0.29) is 6.04 Å². The van der Waals surface area contributed by atoms with Crippen LogP contribution in [0.15, 0.2) is 30.3 Å². The van der Waals surface area contributed by atoms with Gasteiger partial charge in [-0.15, -0.1) is 0 Å². The molecule has 0 spiro atoms. The molecule has 76 valence electrons. The van der Waals surface area contributed by atoms with E-state index < -0.39 is 6.03 Å². The van der Waals surface area contributed by atoms with E-state index in [9.17, 15) is 4.79 Å². The van der Waals surface area contributed by atoms with Crippen LogP contribution in [0.3, 0.4) is 0 Å². The standard InChI is InChI=1S/C10H15N3O/c11-9(7-13-10(12)14)6-8-4-2-1-3-5-8/h1-5,9H,6-7,11H2,(H3,12,13,14). The van der Waals surface area contributed by atoms with E-state index in [1.807, 2.05) is 30.3 Å². The summed E-state index contributed by atoms with van der Waals surface area (Å²) in [5.41, 5.74) is 11.9. The number of hydrogen-bond donors (Lipinski definition) is 3. The number of urea groups is 1. The Kier molecular flexibility index (Phi) is 3.94. The Hall–Kier alpha value is -1.55. The molecule has 1 aromatic rings. The zero-order chi connectivity index (χ0) is 10.4. The Balaban J connectivity index is 2.34. The van der Waals surface area contributed by atoms with E-state index in [1.165, 1.54) is 0 Å². The highest BCUT2D eigenvalue weighted by Gasteiger charge is 2.03. The molecule has 0 aliphatic carbocycles. The second-order valence-electron chi connectivity index (χ2n) is 3.19. The zero-order valence-corrected chi connectivity index (χ0v) is 7.94. The summed E-state index contributed by atoms with van der Waals surface area (Å²) in [6.07, 6.45) is 0.737. The summed E-state index contributed by atoms with van der Waals surface area (Å²) < 4.78 is 0. The molecule has 1 rings (SSSR count). The molecule has 0 fully saturated rings. The molecule has 0 radical (unpaired) electrons. The predicted molar refractivity (Wildman–Crippen MR) is 55.7 cm³/mol. The van der Waals surface area contributed by atoms with Crippen LogP contribution in [0.4, 0.5) is 4.79 Å². The lowest BCUT2D eigenvalue weighted by Gasteiger charge is -2.11. The highest BCUT2D eigenvalue weighted by molar-refractivity contribution is 5.71. The maximum Gasteiger partial charge on any atom is 0.312 e. The van der Waals surface area contributed by atoms with Crippen molar-refractivity contribution in [3.05, 3.63) is 35.9 Å². The van der Waals surface area contributed by atoms with Crippen LogP contribution >= 0.6 is 0 Å². The van der Waals surface area contributed by atoms with Crippen molar-refractivity contribution >= 4 is 6.03 Å². The van der Waals surface area contributed by atoms with Crippen molar-refractivity contribution in [1.29, 1.82) is 0 Å². The fourth-order valence-electron chi connectivity index (χ4n) is 1.22. The van der Waals surface area contributed by atoms with Gasteiger partial charge in [-0.3, -0.25) is 0 Å². The molecule has 1 unspecified atom stereocenters. The summed E-state index contributed by atoms with van der Waals surface area (Å²) in [4.78, 5) is 10.4. The van der Waals surface area contributed by atoms with Gasteiger partial charge in [0.15, 0.2) is 0 Å². The molecule has 0 aliphatic rings. The summed E-state index contributed by atoms with van der Waals surface area (Å²) in [6, 6.07) is 9.26. The van der Waals surface area contributed by atoms with Crippen molar-refractivity contribution in [2.75, 3.05) is 6.54 Å². The normalized spacial score (nSPS) is 12.1. The molecular weight excluding hydrogens is 178 g/mol. The predicted octanol–water partition coefficient (Wildman–Crippen LogP) is 0.225. The van der Waals surface area contributed by atoms with Gasteiger partial charge in [-0.05, 0) is 12.0 Å². The minimum atomic E-state index is -0.534. The van der Waals surface area contributed by atoms with Gasteiger partial charge in [0.1, 0.15) is 0 Å². The van der Waals surface area contributed by atoms with Gasteiger partial charge in [0, 0.05) is 12.6 Å². The highest BCUT2D eigenvalue weighted by Crippen LogP contribution is 2.00. The quantitative estimate of drug-likeness (QED) is 0.639. The van der Waals surface area contributed by atoms with Gasteiger partial charge in [-0.1, -0.05) is 30.3 Å². The second kappa shape index (κ2) is 5.24. The van der Waals surface area contributed by atoms with E-state index in [0.29, 0.717) is 6.54 Å². The van der Waals surface area contributed by atoms with Gasteiger partial charge >= 0.3 is 6.03 Å². The first-order chi connectivity index (χ1) is 6.68. The monoisotopic (exact) mass is 193 g/mol. The van der Waals surface area contributed by atoms with E-state index in [1.54, 1.807) is 0 Å². The number of nitrogens with two attached hydrogens (primary N) is 2. The lowest BCUT2D eigenvalue weighted by molar-refractivity contribution is 0.248. The van der Waals surface area contributed by atoms with Crippen LogP contribution in [0.25, 0.3) is 0 Å². The molecule has 2 amide bonds.